The number of nitrogens with zero attached hydrogens (tertiary/aromatic N) is 1. The molecule has 1 aliphatic rings. The second-order valence-electron chi connectivity index (χ2n) is 3.61. The first-order valence-electron chi connectivity index (χ1n) is 4.51. The number of carbonyl (C=O) groups excluding carboxylic acids is 1. The van der Waals surface area contributed by atoms with Crippen LogP contribution in [0.1, 0.15) is 19.3 Å². The van der Waals surface area contributed by atoms with Crippen molar-refractivity contribution in [2.24, 2.45) is 5.41 Å². The van der Waals surface area contributed by atoms with Crippen molar-refractivity contribution in [2.75, 3.05) is 20.1 Å². The molecule has 0 aromatic rings. The van der Waals surface area contributed by atoms with E-state index in [9.17, 15) is 4.79 Å². The average Bonchev–Trinajstić information content (AvgIpc) is 2.86. The van der Waals surface area contributed by atoms with Crippen molar-refractivity contribution in [1.29, 1.82) is 5.26 Å². The predicted molar refractivity (Wildman–Crippen MR) is 48.8 cm³/mol. The van der Waals surface area contributed by atoms with E-state index in [0.29, 0.717) is 13.0 Å². The number of hydrogen-bond donors (Lipinski definition) is 2. The van der Waals surface area contributed by atoms with Gasteiger partial charge in [0, 0.05) is 20.0 Å². The zero-order valence-electron chi connectivity index (χ0n) is 7.89. The number of hydrogen-bond acceptors (Lipinski definition) is 3. The van der Waals surface area contributed by atoms with E-state index in [-0.39, 0.29) is 11.3 Å². The fourth-order valence-corrected chi connectivity index (χ4v) is 1.29. The first kappa shape index (κ1) is 10.0. The van der Waals surface area contributed by atoms with E-state index < -0.39 is 0 Å². The summed E-state index contributed by atoms with van der Waals surface area (Å²) in [6.45, 7) is 1.14. The molecule has 0 aromatic carbocycles. The normalized spacial score (nSPS) is 17.5. The van der Waals surface area contributed by atoms with Gasteiger partial charge in [-0.05, 0) is 18.3 Å². The van der Waals surface area contributed by atoms with Gasteiger partial charge in [0.25, 0.3) is 0 Å². The van der Waals surface area contributed by atoms with E-state index >= 15 is 0 Å². The summed E-state index contributed by atoms with van der Waals surface area (Å²) in [5.74, 6) is -0.00671. The Morgan fingerprint density at radius 2 is 2.31 bits per heavy atom. The van der Waals surface area contributed by atoms with Crippen LogP contribution < -0.4 is 10.6 Å². The van der Waals surface area contributed by atoms with Crippen LogP contribution in [-0.2, 0) is 4.79 Å². The molecule has 72 valence electrons. The van der Waals surface area contributed by atoms with Gasteiger partial charge in [0.15, 0.2) is 0 Å². The molecule has 0 radical (unpaired) electrons. The molecule has 0 spiro atoms. The maximum Gasteiger partial charge on any atom is 0.233 e. The lowest BCUT2D eigenvalue weighted by atomic mass is 10.0. The Morgan fingerprint density at radius 3 is 2.77 bits per heavy atom. The number of nitriles is 1. The molecule has 1 amide bonds. The molecule has 2 N–H and O–H groups in total. The molecule has 1 fully saturated rings. The van der Waals surface area contributed by atoms with E-state index in [1.807, 2.05) is 0 Å². The van der Waals surface area contributed by atoms with Crippen LogP contribution in [-0.4, -0.2) is 26.0 Å². The second kappa shape index (κ2) is 4.24. The summed E-state index contributed by atoms with van der Waals surface area (Å²) in [7, 11) is 1.62. The highest BCUT2D eigenvalue weighted by Gasteiger charge is 2.41. The highest BCUT2D eigenvalue weighted by atomic mass is 16.1. The smallest absolute Gasteiger partial charge is 0.233 e. The van der Waals surface area contributed by atoms with Gasteiger partial charge < -0.3 is 10.6 Å². The van der Waals surface area contributed by atoms with Gasteiger partial charge in [0.05, 0.1) is 12.6 Å². The molecule has 4 heteroatoms. The number of likely N-dealkylation sites (N-methyl/N-ethyl adjacent to an activating group) is 1. The van der Waals surface area contributed by atoms with Crippen molar-refractivity contribution in [2.45, 2.75) is 19.3 Å². The van der Waals surface area contributed by atoms with Crippen molar-refractivity contribution in [3.8, 4) is 6.07 Å². The minimum absolute atomic E-state index is 0.00671. The summed E-state index contributed by atoms with van der Waals surface area (Å²) in [5, 5.41) is 14.1. The van der Waals surface area contributed by atoms with Crippen molar-refractivity contribution >= 4 is 5.91 Å². The van der Waals surface area contributed by atoms with Crippen LogP contribution in [0.25, 0.3) is 0 Å². The fourth-order valence-electron chi connectivity index (χ4n) is 1.29. The van der Waals surface area contributed by atoms with Gasteiger partial charge in [-0.15, -0.1) is 0 Å². The lowest BCUT2D eigenvalue weighted by Gasteiger charge is -2.11. The quantitative estimate of drug-likeness (QED) is 0.628. The van der Waals surface area contributed by atoms with Crippen LogP contribution in [0.2, 0.25) is 0 Å². The summed E-state index contributed by atoms with van der Waals surface area (Å²) in [6, 6.07) is 2.18. The van der Waals surface area contributed by atoms with Gasteiger partial charge in [-0.3, -0.25) is 4.79 Å². The van der Waals surface area contributed by atoms with Crippen LogP contribution >= 0.6 is 0 Å². The average molecular weight is 181 g/mol. The van der Waals surface area contributed by atoms with Crippen molar-refractivity contribution in [1.82, 2.24) is 10.6 Å². The molecule has 1 rings (SSSR count). The third kappa shape index (κ3) is 3.03. The van der Waals surface area contributed by atoms with Gasteiger partial charge in [-0.2, -0.15) is 5.26 Å². The molecule has 0 saturated heterocycles. The van der Waals surface area contributed by atoms with Crippen LogP contribution in [0.4, 0.5) is 0 Å². The molecule has 0 heterocycles. The molecule has 4 nitrogen and oxygen atoms in total. The zero-order chi connectivity index (χ0) is 9.73. The SMILES string of the molecule is CNC(=O)CNCC1(CC#N)CC1. The molecule has 0 atom stereocenters. The molecular weight excluding hydrogens is 166 g/mol. The van der Waals surface area contributed by atoms with Gasteiger partial charge in [-0.1, -0.05) is 0 Å². The largest absolute Gasteiger partial charge is 0.358 e. The van der Waals surface area contributed by atoms with Crippen molar-refractivity contribution in [3.05, 3.63) is 0 Å². The van der Waals surface area contributed by atoms with Crippen molar-refractivity contribution in [3.63, 3.8) is 0 Å². The molecule has 0 aliphatic heterocycles. The highest BCUT2D eigenvalue weighted by Crippen LogP contribution is 2.47. The topological polar surface area (TPSA) is 64.9 Å². The lowest BCUT2D eigenvalue weighted by molar-refractivity contribution is -0.119. The standard InChI is InChI=1S/C9H15N3O/c1-11-8(13)6-12-7-9(2-3-9)4-5-10/h12H,2-4,6-7H2,1H3,(H,11,13). The van der Waals surface area contributed by atoms with Gasteiger partial charge >= 0.3 is 0 Å². The van der Waals surface area contributed by atoms with Crippen LogP contribution in [0.3, 0.4) is 0 Å². The van der Waals surface area contributed by atoms with E-state index in [4.69, 9.17) is 5.26 Å². The second-order valence-corrected chi connectivity index (χ2v) is 3.61. The Balaban J connectivity index is 2.13. The summed E-state index contributed by atoms with van der Waals surface area (Å²) in [5.41, 5.74) is 0.183. The minimum Gasteiger partial charge on any atom is -0.358 e. The van der Waals surface area contributed by atoms with E-state index in [1.54, 1.807) is 7.05 Å². The lowest BCUT2D eigenvalue weighted by Crippen LogP contribution is -2.34. The zero-order valence-corrected chi connectivity index (χ0v) is 7.89. The molecule has 0 unspecified atom stereocenters. The van der Waals surface area contributed by atoms with Crippen molar-refractivity contribution < 1.29 is 4.79 Å². The number of nitrogens with one attached hydrogen (secondary N) is 2. The first-order valence-corrected chi connectivity index (χ1v) is 4.51. The van der Waals surface area contributed by atoms with E-state index in [0.717, 1.165) is 19.4 Å². The molecule has 13 heavy (non-hydrogen) atoms. The third-order valence-corrected chi connectivity index (χ3v) is 2.48. The number of rotatable bonds is 5. The summed E-state index contributed by atoms with van der Waals surface area (Å²) in [4.78, 5) is 10.8. The summed E-state index contributed by atoms with van der Waals surface area (Å²) >= 11 is 0. The maximum atomic E-state index is 10.8. The number of amides is 1. The Kier molecular flexibility index (Phi) is 3.26. The Hall–Kier alpha value is -1.08. The Labute approximate surface area is 78.3 Å². The molecule has 1 saturated carbocycles. The number of carbonyl (C=O) groups is 1. The maximum absolute atomic E-state index is 10.8. The summed E-state index contributed by atoms with van der Waals surface area (Å²) < 4.78 is 0. The minimum atomic E-state index is -0.00671. The van der Waals surface area contributed by atoms with Gasteiger partial charge in [-0.25, -0.2) is 0 Å². The molecule has 1 aliphatic carbocycles. The van der Waals surface area contributed by atoms with E-state index in [1.165, 1.54) is 0 Å². The Morgan fingerprint density at radius 1 is 1.62 bits per heavy atom. The van der Waals surface area contributed by atoms with Gasteiger partial charge in [0.2, 0.25) is 5.91 Å². The van der Waals surface area contributed by atoms with Crippen LogP contribution in [0.5, 0.6) is 0 Å². The summed E-state index contributed by atoms with van der Waals surface area (Å²) in [6.07, 6.45) is 2.83. The molecule has 0 aromatic heterocycles. The Bertz CT molecular complexity index is 228. The highest BCUT2D eigenvalue weighted by molar-refractivity contribution is 5.77. The monoisotopic (exact) mass is 181 g/mol. The first-order chi connectivity index (χ1) is 6.22. The third-order valence-electron chi connectivity index (χ3n) is 2.48. The predicted octanol–water partition coefficient (Wildman–Crippen LogP) is 0.0159. The van der Waals surface area contributed by atoms with Gasteiger partial charge in [0.1, 0.15) is 0 Å². The van der Waals surface area contributed by atoms with E-state index in [2.05, 4.69) is 16.7 Å². The molecular formula is C9H15N3O. The fraction of sp³-hybridized carbons (Fsp3) is 0.778. The van der Waals surface area contributed by atoms with Crippen LogP contribution in [0, 0.1) is 16.7 Å². The van der Waals surface area contributed by atoms with Crippen LogP contribution in [0.15, 0.2) is 0 Å². The molecule has 0 bridgehead atoms.